The fraction of sp³-hybridized carbons (Fsp3) is 0.588. The van der Waals surface area contributed by atoms with Crippen LogP contribution in [0.2, 0.25) is 0 Å². The largest absolute Gasteiger partial charge is 0.489 e. The molecule has 5 nitrogen and oxygen atoms in total. The van der Waals surface area contributed by atoms with Crippen molar-refractivity contribution in [2.75, 3.05) is 33.4 Å². The molecule has 0 amide bonds. The zero-order valence-corrected chi connectivity index (χ0v) is 16.9. The van der Waals surface area contributed by atoms with Gasteiger partial charge < -0.3 is 20.1 Å². The van der Waals surface area contributed by atoms with Gasteiger partial charge in [-0.3, -0.25) is 0 Å². The SMILES string of the molecule is CCNC(=NCC(C)Oc1ccc(C)cc1)NCCCOC.I. The summed E-state index contributed by atoms with van der Waals surface area (Å²) in [6, 6.07) is 8.08. The summed E-state index contributed by atoms with van der Waals surface area (Å²) in [4.78, 5) is 4.55. The van der Waals surface area contributed by atoms with Gasteiger partial charge in [0.1, 0.15) is 11.9 Å². The zero-order valence-electron chi connectivity index (χ0n) is 14.6. The van der Waals surface area contributed by atoms with Crippen LogP contribution in [0.15, 0.2) is 29.3 Å². The molecule has 1 aromatic rings. The van der Waals surface area contributed by atoms with E-state index in [1.54, 1.807) is 7.11 Å². The molecule has 0 aliphatic carbocycles. The molecule has 0 heterocycles. The Morgan fingerprint density at radius 2 is 1.91 bits per heavy atom. The summed E-state index contributed by atoms with van der Waals surface area (Å²) >= 11 is 0. The molecule has 0 spiro atoms. The number of ether oxygens (including phenoxy) is 2. The van der Waals surface area contributed by atoms with Crippen LogP contribution in [0.5, 0.6) is 5.75 Å². The number of aryl methyl sites for hydroxylation is 1. The van der Waals surface area contributed by atoms with E-state index in [9.17, 15) is 0 Å². The summed E-state index contributed by atoms with van der Waals surface area (Å²) < 4.78 is 10.9. The number of hydrogen-bond acceptors (Lipinski definition) is 3. The number of nitrogens with zero attached hydrogens (tertiary/aromatic N) is 1. The minimum absolute atomic E-state index is 0. The number of methoxy groups -OCH3 is 1. The molecule has 132 valence electrons. The van der Waals surface area contributed by atoms with E-state index in [-0.39, 0.29) is 30.1 Å². The van der Waals surface area contributed by atoms with Crippen molar-refractivity contribution in [2.24, 2.45) is 4.99 Å². The third-order valence-corrected chi connectivity index (χ3v) is 3.03. The van der Waals surface area contributed by atoms with Crippen LogP contribution in [0.3, 0.4) is 0 Å². The number of aliphatic imine (C=N–C) groups is 1. The first kappa shape index (κ1) is 22.0. The second kappa shape index (κ2) is 13.4. The maximum Gasteiger partial charge on any atom is 0.191 e. The highest BCUT2D eigenvalue weighted by Crippen LogP contribution is 2.13. The lowest BCUT2D eigenvalue weighted by atomic mass is 10.2. The fourth-order valence-electron chi connectivity index (χ4n) is 1.87. The van der Waals surface area contributed by atoms with Crippen molar-refractivity contribution in [1.82, 2.24) is 10.6 Å². The molecule has 0 radical (unpaired) electrons. The van der Waals surface area contributed by atoms with E-state index in [0.29, 0.717) is 6.54 Å². The normalized spacial score (nSPS) is 12.3. The summed E-state index contributed by atoms with van der Waals surface area (Å²) in [5, 5.41) is 6.51. The second-order valence-corrected chi connectivity index (χ2v) is 5.23. The molecule has 1 atom stereocenters. The van der Waals surface area contributed by atoms with Crippen molar-refractivity contribution < 1.29 is 9.47 Å². The highest BCUT2D eigenvalue weighted by Gasteiger charge is 2.04. The number of nitrogens with one attached hydrogen (secondary N) is 2. The summed E-state index contributed by atoms with van der Waals surface area (Å²) in [6.07, 6.45) is 0.980. The van der Waals surface area contributed by atoms with Crippen LogP contribution in [-0.4, -0.2) is 45.4 Å². The van der Waals surface area contributed by atoms with Gasteiger partial charge in [-0.1, -0.05) is 17.7 Å². The van der Waals surface area contributed by atoms with Crippen molar-refractivity contribution in [3.05, 3.63) is 29.8 Å². The van der Waals surface area contributed by atoms with Crippen molar-refractivity contribution in [2.45, 2.75) is 33.3 Å². The molecular weight excluding hydrogens is 405 g/mol. The van der Waals surface area contributed by atoms with Gasteiger partial charge in [-0.15, -0.1) is 24.0 Å². The highest BCUT2D eigenvalue weighted by atomic mass is 127. The summed E-state index contributed by atoms with van der Waals surface area (Å²) in [5.41, 5.74) is 1.23. The van der Waals surface area contributed by atoms with E-state index < -0.39 is 0 Å². The number of rotatable bonds is 9. The minimum Gasteiger partial charge on any atom is -0.489 e. The molecule has 0 fully saturated rings. The molecular formula is C17H30IN3O2. The Morgan fingerprint density at radius 3 is 2.52 bits per heavy atom. The van der Waals surface area contributed by atoms with Crippen LogP contribution in [-0.2, 0) is 4.74 Å². The van der Waals surface area contributed by atoms with Gasteiger partial charge in [0.15, 0.2) is 5.96 Å². The first-order chi connectivity index (χ1) is 10.7. The van der Waals surface area contributed by atoms with E-state index in [2.05, 4.69) is 29.5 Å². The molecule has 0 aliphatic rings. The van der Waals surface area contributed by atoms with Crippen LogP contribution in [0.25, 0.3) is 0 Å². The van der Waals surface area contributed by atoms with E-state index in [0.717, 1.165) is 37.8 Å². The third-order valence-electron chi connectivity index (χ3n) is 3.03. The van der Waals surface area contributed by atoms with E-state index >= 15 is 0 Å². The molecule has 23 heavy (non-hydrogen) atoms. The Kier molecular flexibility index (Phi) is 12.8. The van der Waals surface area contributed by atoms with Crippen molar-refractivity contribution in [1.29, 1.82) is 0 Å². The van der Waals surface area contributed by atoms with Gasteiger partial charge in [0.2, 0.25) is 0 Å². The standard InChI is InChI=1S/C17H29N3O2.HI/c1-5-18-17(19-11-6-12-21-4)20-13-15(3)22-16-9-7-14(2)8-10-16;/h7-10,15H,5-6,11-13H2,1-4H3,(H2,18,19,20);1H. The Balaban J connectivity index is 0.00000484. The van der Waals surface area contributed by atoms with Gasteiger partial charge in [-0.2, -0.15) is 0 Å². The number of halogens is 1. The molecule has 0 saturated carbocycles. The van der Waals surface area contributed by atoms with E-state index in [1.165, 1.54) is 5.56 Å². The number of guanidine groups is 1. The fourth-order valence-corrected chi connectivity index (χ4v) is 1.87. The van der Waals surface area contributed by atoms with Crippen LogP contribution in [0.4, 0.5) is 0 Å². The maximum atomic E-state index is 5.86. The molecule has 1 unspecified atom stereocenters. The molecule has 1 rings (SSSR count). The molecule has 0 aliphatic heterocycles. The van der Waals surface area contributed by atoms with E-state index in [1.807, 2.05) is 31.2 Å². The van der Waals surface area contributed by atoms with Crippen LogP contribution < -0.4 is 15.4 Å². The quantitative estimate of drug-likeness (QED) is 0.271. The number of hydrogen-bond donors (Lipinski definition) is 2. The molecule has 1 aromatic carbocycles. The maximum absolute atomic E-state index is 5.86. The summed E-state index contributed by atoms with van der Waals surface area (Å²) in [7, 11) is 1.71. The molecule has 0 aromatic heterocycles. The average Bonchev–Trinajstić information content (AvgIpc) is 2.51. The van der Waals surface area contributed by atoms with Gasteiger partial charge in [0.25, 0.3) is 0 Å². The summed E-state index contributed by atoms with van der Waals surface area (Å²) in [5.74, 6) is 1.70. The Morgan fingerprint density at radius 1 is 1.22 bits per heavy atom. The average molecular weight is 435 g/mol. The second-order valence-electron chi connectivity index (χ2n) is 5.23. The minimum atomic E-state index is 0. The monoisotopic (exact) mass is 435 g/mol. The smallest absolute Gasteiger partial charge is 0.191 e. The lowest BCUT2D eigenvalue weighted by Crippen LogP contribution is -2.38. The predicted octanol–water partition coefficient (Wildman–Crippen LogP) is 2.97. The first-order valence-electron chi connectivity index (χ1n) is 7.90. The Bertz CT molecular complexity index is 438. The molecule has 6 heteroatoms. The topological polar surface area (TPSA) is 54.9 Å². The van der Waals surface area contributed by atoms with Crippen molar-refractivity contribution in [3.63, 3.8) is 0 Å². The van der Waals surface area contributed by atoms with Gasteiger partial charge in [0, 0.05) is 26.8 Å². The first-order valence-corrected chi connectivity index (χ1v) is 7.90. The number of benzene rings is 1. The van der Waals surface area contributed by atoms with Gasteiger partial charge >= 0.3 is 0 Å². The van der Waals surface area contributed by atoms with Gasteiger partial charge in [0.05, 0.1) is 6.54 Å². The van der Waals surface area contributed by atoms with Crippen LogP contribution in [0, 0.1) is 6.92 Å². The van der Waals surface area contributed by atoms with Gasteiger partial charge in [-0.05, 0) is 39.3 Å². The third kappa shape index (κ3) is 10.4. The van der Waals surface area contributed by atoms with Crippen LogP contribution in [0.1, 0.15) is 25.8 Å². The molecule has 0 bridgehead atoms. The van der Waals surface area contributed by atoms with Crippen molar-refractivity contribution >= 4 is 29.9 Å². The summed E-state index contributed by atoms with van der Waals surface area (Å²) in [6.45, 7) is 9.18. The van der Waals surface area contributed by atoms with Crippen molar-refractivity contribution in [3.8, 4) is 5.75 Å². The highest BCUT2D eigenvalue weighted by molar-refractivity contribution is 14.0. The van der Waals surface area contributed by atoms with Crippen LogP contribution >= 0.6 is 24.0 Å². The molecule has 0 saturated heterocycles. The Hall–Kier alpha value is -1.02. The van der Waals surface area contributed by atoms with Gasteiger partial charge in [-0.25, -0.2) is 4.99 Å². The zero-order chi connectivity index (χ0) is 16.2. The van der Waals surface area contributed by atoms with E-state index in [4.69, 9.17) is 9.47 Å². The lowest BCUT2D eigenvalue weighted by molar-refractivity contribution is 0.195. The Labute approximate surface area is 157 Å². The lowest BCUT2D eigenvalue weighted by Gasteiger charge is -2.15. The predicted molar refractivity (Wildman–Crippen MR) is 107 cm³/mol. The molecule has 2 N–H and O–H groups in total.